The normalized spacial score (nSPS) is 26.4. The standard InChI is InChI=1S/C12H7F3O3/c13-12(14,15)9-3-6(10-5-17-10)1-2-7-8(9)4-18-11(7)16/h1-2,10H,4-5H2. The SMILES string of the molecule is O=C1OCC2=C1C=CC(C1CO1)=C=C2C(F)(F)F. The third-order valence-corrected chi connectivity index (χ3v) is 2.86. The molecule has 6 heteroatoms. The van der Waals surface area contributed by atoms with Gasteiger partial charge in [-0.05, 0) is 12.2 Å². The van der Waals surface area contributed by atoms with Gasteiger partial charge in [-0.1, -0.05) is 0 Å². The van der Waals surface area contributed by atoms with E-state index in [2.05, 4.69) is 10.5 Å². The van der Waals surface area contributed by atoms with Gasteiger partial charge in [0.2, 0.25) is 0 Å². The topological polar surface area (TPSA) is 38.8 Å². The summed E-state index contributed by atoms with van der Waals surface area (Å²) in [4.78, 5) is 11.3. The lowest BCUT2D eigenvalue weighted by Gasteiger charge is -2.09. The van der Waals surface area contributed by atoms with Crippen LogP contribution in [0.4, 0.5) is 13.2 Å². The summed E-state index contributed by atoms with van der Waals surface area (Å²) in [5.41, 5.74) is 1.48. The van der Waals surface area contributed by atoms with E-state index in [0.717, 1.165) is 0 Å². The van der Waals surface area contributed by atoms with Crippen LogP contribution in [0.15, 0.2) is 40.2 Å². The van der Waals surface area contributed by atoms with Crippen LogP contribution in [-0.4, -0.2) is 31.5 Å². The van der Waals surface area contributed by atoms with Crippen LogP contribution in [0.5, 0.6) is 0 Å². The summed E-state index contributed by atoms with van der Waals surface area (Å²) in [5.74, 6) is -0.734. The molecule has 0 saturated carbocycles. The number of ether oxygens (including phenoxy) is 2. The number of carbonyl (C=O) groups is 1. The van der Waals surface area contributed by atoms with E-state index in [0.29, 0.717) is 12.2 Å². The van der Waals surface area contributed by atoms with Crippen molar-refractivity contribution in [3.8, 4) is 0 Å². The molecular formula is C12H7F3O3. The van der Waals surface area contributed by atoms with Crippen molar-refractivity contribution in [2.45, 2.75) is 12.3 Å². The number of rotatable bonds is 1. The van der Waals surface area contributed by atoms with Gasteiger partial charge in [-0.3, -0.25) is 0 Å². The average Bonchev–Trinajstić information content (AvgIpc) is 3.06. The Morgan fingerprint density at radius 1 is 1.33 bits per heavy atom. The van der Waals surface area contributed by atoms with Gasteiger partial charge in [0.1, 0.15) is 18.3 Å². The highest BCUT2D eigenvalue weighted by Crippen LogP contribution is 2.37. The van der Waals surface area contributed by atoms with Gasteiger partial charge in [-0.15, -0.1) is 5.73 Å². The van der Waals surface area contributed by atoms with Crippen molar-refractivity contribution in [1.82, 2.24) is 0 Å². The maximum Gasteiger partial charge on any atom is 0.424 e. The van der Waals surface area contributed by atoms with Crippen molar-refractivity contribution >= 4 is 5.97 Å². The summed E-state index contributed by atoms with van der Waals surface area (Å²) in [6.07, 6.45) is -2.15. The molecule has 18 heavy (non-hydrogen) atoms. The van der Waals surface area contributed by atoms with Crippen molar-refractivity contribution in [2.24, 2.45) is 0 Å². The molecule has 1 saturated heterocycles. The highest BCUT2D eigenvalue weighted by Gasteiger charge is 2.42. The zero-order valence-corrected chi connectivity index (χ0v) is 9.00. The molecule has 1 aliphatic carbocycles. The molecule has 0 N–H and O–H groups in total. The molecule has 0 amide bonds. The Labute approximate surface area is 99.9 Å². The van der Waals surface area contributed by atoms with Crippen LogP contribution in [0.1, 0.15) is 0 Å². The smallest absolute Gasteiger partial charge is 0.424 e. The number of carbonyl (C=O) groups excluding carboxylic acids is 1. The number of esters is 1. The first-order chi connectivity index (χ1) is 8.47. The van der Waals surface area contributed by atoms with Gasteiger partial charge in [0.05, 0.1) is 12.2 Å². The maximum absolute atomic E-state index is 13.0. The van der Waals surface area contributed by atoms with Crippen LogP contribution < -0.4 is 0 Å². The highest BCUT2D eigenvalue weighted by atomic mass is 19.4. The van der Waals surface area contributed by atoms with Crippen LogP contribution in [0.25, 0.3) is 0 Å². The number of alkyl halides is 3. The Bertz CT molecular complexity index is 556. The van der Waals surface area contributed by atoms with Crippen molar-refractivity contribution < 1.29 is 27.4 Å². The Morgan fingerprint density at radius 2 is 2.06 bits per heavy atom. The van der Waals surface area contributed by atoms with Gasteiger partial charge in [0, 0.05) is 11.1 Å². The lowest BCUT2D eigenvalue weighted by molar-refractivity contribution is -0.135. The second-order valence-corrected chi connectivity index (χ2v) is 4.08. The minimum Gasteiger partial charge on any atom is -0.457 e. The molecule has 3 nitrogen and oxygen atoms in total. The van der Waals surface area contributed by atoms with Crippen LogP contribution >= 0.6 is 0 Å². The molecule has 0 aromatic rings. The van der Waals surface area contributed by atoms with Crippen LogP contribution in [0.2, 0.25) is 0 Å². The van der Waals surface area contributed by atoms with E-state index in [1.165, 1.54) is 12.2 Å². The summed E-state index contributed by atoms with van der Waals surface area (Å²) in [6.45, 7) is 0.0199. The van der Waals surface area contributed by atoms with Crippen LogP contribution in [0.3, 0.4) is 0 Å². The lowest BCUT2D eigenvalue weighted by Crippen LogP contribution is -2.14. The summed E-state index contributed by atoms with van der Waals surface area (Å²) < 4.78 is 48.5. The molecule has 0 radical (unpaired) electrons. The molecule has 0 bridgehead atoms. The molecule has 1 unspecified atom stereocenters. The third kappa shape index (κ3) is 1.79. The van der Waals surface area contributed by atoms with Gasteiger partial charge >= 0.3 is 12.1 Å². The van der Waals surface area contributed by atoms with E-state index in [-0.39, 0.29) is 23.9 Å². The lowest BCUT2D eigenvalue weighted by atomic mass is 10.0. The van der Waals surface area contributed by atoms with Crippen molar-refractivity contribution in [3.63, 3.8) is 0 Å². The second-order valence-electron chi connectivity index (χ2n) is 4.08. The van der Waals surface area contributed by atoms with E-state index in [4.69, 9.17) is 4.74 Å². The molecule has 2 aliphatic heterocycles. The number of cyclic esters (lactones) is 1. The monoisotopic (exact) mass is 256 g/mol. The zero-order chi connectivity index (χ0) is 12.9. The summed E-state index contributed by atoms with van der Waals surface area (Å²) in [6, 6.07) is 0. The predicted octanol–water partition coefficient (Wildman–Crippen LogP) is 1.82. The quantitative estimate of drug-likeness (QED) is 0.408. The van der Waals surface area contributed by atoms with Crippen molar-refractivity contribution in [3.05, 3.63) is 40.2 Å². The fourth-order valence-corrected chi connectivity index (χ4v) is 1.88. The minimum atomic E-state index is -4.57. The molecule has 2 heterocycles. The number of hydrogen-bond donors (Lipinski definition) is 0. The highest BCUT2D eigenvalue weighted by molar-refractivity contribution is 5.96. The van der Waals surface area contributed by atoms with Crippen LogP contribution in [-0.2, 0) is 14.3 Å². The summed E-state index contributed by atoms with van der Waals surface area (Å²) >= 11 is 0. The first-order valence-corrected chi connectivity index (χ1v) is 5.25. The third-order valence-electron chi connectivity index (χ3n) is 2.86. The Hall–Kier alpha value is -1.78. The van der Waals surface area contributed by atoms with Gasteiger partial charge in [0.25, 0.3) is 0 Å². The predicted molar refractivity (Wildman–Crippen MR) is 53.5 cm³/mol. The van der Waals surface area contributed by atoms with E-state index >= 15 is 0 Å². The first-order valence-electron chi connectivity index (χ1n) is 5.25. The minimum absolute atomic E-state index is 0.0505. The molecule has 3 rings (SSSR count). The van der Waals surface area contributed by atoms with E-state index in [1.54, 1.807) is 0 Å². The molecule has 94 valence electrons. The van der Waals surface area contributed by atoms with Gasteiger partial charge < -0.3 is 9.47 Å². The fraction of sp³-hybridized carbons (Fsp3) is 0.333. The number of halogens is 3. The Kier molecular flexibility index (Phi) is 2.27. The molecule has 1 fully saturated rings. The molecule has 0 spiro atoms. The average molecular weight is 256 g/mol. The molecule has 0 aromatic carbocycles. The molecule has 0 aromatic heterocycles. The van der Waals surface area contributed by atoms with Crippen molar-refractivity contribution in [2.75, 3.05) is 13.2 Å². The van der Waals surface area contributed by atoms with E-state index < -0.39 is 17.7 Å². The molecule has 3 aliphatic rings. The van der Waals surface area contributed by atoms with Gasteiger partial charge in [-0.25, -0.2) is 4.79 Å². The van der Waals surface area contributed by atoms with Gasteiger partial charge in [0.15, 0.2) is 0 Å². The number of epoxide rings is 1. The summed E-state index contributed by atoms with van der Waals surface area (Å²) in [5, 5.41) is 0. The van der Waals surface area contributed by atoms with E-state index in [1.807, 2.05) is 0 Å². The second kappa shape index (κ2) is 3.60. The van der Waals surface area contributed by atoms with Gasteiger partial charge in [-0.2, -0.15) is 13.2 Å². The largest absolute Gasteiger partial charge is 0.457 e. The zero-order valence-electron chi connectivity index (χ0n) is 9.00. The van der Waals surface area contributed by atoms with Crippen LogP contribution in [0, 0.1) is 0 Å². The first kappa shape index (κ1) is 11.3. The fourth-order valence-electron chi connectivity index (χ4n) is 1.88. The Morgan fingerprint density at radius 3 is 2.67 bits per heavy atom. The number of hydrogen-bond acceptors (Lipinski definition) is 3. The molecule has 1 atom stereocenters. The summed E-state index contributed by atoms with van der Waals surface area (Å²) in [7, 11) is 0. The maximum atomic E-state index is 13.0. The van der Waals surface area contributed by atoms with Crippen molar-refractivity contribution in [1.29, 1.82) is 0 Å². The molecular weight excluding hydrogens is 249 g/mol. The Balaban J connectivity index is 2.17. The van der Waals surface area contributed by atoms with E-state index in [9.17, 15) is 18.0 Å².